The number of carbonyl (C=O) groups excluding carboxylic acids is 2. The maximum Gasteiger partial charge on any atom is 0.417 e. The topological polar surface area (TPSA) is 46.6 Å². The summed E-state index contributed by atoms with van der Waals surface area (Å²) in [4.78, 5) is 23.9. The molecule has 2 amide bonds. The van der Waals surface area contributed by atoms with Gasteiger partial charge in [-0.3, -0.25) is 4.79 Å². The number of amides is 2. The van der Waals surface area contributed by atoms with Gasteiger partial charge in [-0.2, -0.15) is 0 Å². The molecule has 1 saturated heterocycles. The van der Waals surface area contributed by atoms with E-state index in [-0.39, 0.29) is 17.9 Å². The molecule has 0 saturated carbocycles. The Hall–Kier alpha value is -1.06. The van der Waals surface area contributed by atoms with Crippen molar-refractivity contribution < 1.29 is 14.3 Å². The van der Waals surface area contributed by atoms with E-state index in [0.717, 1.165) is 0 Å². The summed E-state index contributed by atoms with van der Waals surface area (Å²) < 4.78 is 5.16. The fourth-order valence-electron chi connectivity index (χ4n) is 2.18. The number of carbonyl (C=O) groups is 2. The monoisotopic (exact) mass is 199 g/mol. The van der Waals surface area contributed by atoms with Crippen molar-refractivity contribution in [2.24, 2.45) is 5.92 Å². The Morgan fingerprint density at radius 2 is 2.00 bits per heavy atom. The first-order chi connectivity index (χ1) is 6.27. The van der Waals surface area contributed by atoms with E-state index in [1.54, 1.807) is 0 Å². The zero-order valence-corrected chi connectivity index (χ0v) is 9.33. The third kappa shape index (κ3) is 1.61. The van der Waals surface area contributed by atoms with E-state index in [9.17, 15) is 9.59 Å². The largest absolute Gasteiger partial charge is 0.441 e. The molecule has 1 fully saturated rings. The molecule has 14 heavy (non-hydrogen) atoms. The molecule has 1 heterocycles. The van der Waals surface area contributed by atoms with Gasteiger partial charge in [-0.1, -0.05) is 13.8 Å². The predicted molar refractivity (Wildman–Crippen MR) is 51.7 cm³/mol. The minimum atomic E-state index is -0.586. The number of rotatable bonds is 1. The van der Waals surface area contributed by atoms with Gasteiger partial charge >= 0.3 is 6.09 Å². The van der Waals surface area contributed by atoms with Crippen LogP contribution in [0.15, 0.2) is 0 Å². The molecule has 4 heteroatoms. The van der Waals surface area contributed by atoms with Crippen LogP contribution in [0.2, 0.25) is 0 Å². The summed E-state index contributed by atoms with van der Waals surface area (Å²) in [5.74, 6) is -0.0559. The van der Waals surface area contributed by atoms with Gasteiger partial charge in [0.05, 0.1) is 6.04 Å². The van der Waals surface area contributed by atoms with E-state index in [0.29, 0.717) is 0 Å². The first-order valence-electron chi connectivity index (χ1n) is 4.80. The van der Waals surface area contributed by atoms with Gasteiger partial charge in [-0.05, 0) is 19.8 Å². The standard InChI is InChI=1S/C10H17NO3/c1-6(2)8-10(4,5)14-9(13)11(8)7(3)12/h6,8H,1-5H3/t8-/m0/s1. The molecule has 0 N–H and O–H groups in total. The van der Waals surface area contributed by atoms with Crippen molar-refractivity contribution in [2.45, 2.75) is 46.3 Å². The minimum absolute atomic E-state index is 0.174. The molecule has 4 nitrogen and oxygen atoms in total. The summed E-state index contributed by atoms with van der Waals surface area (Å²) in [6, 6.07) is -0.174. The Balaban J connectivity index is 3.05. The Morgan fingerprint density at radius 1 is 1.50 bits per heavy atom. The van der Waals surface area contributed by atoms with Crippen molar-refractivity contribution in [1.82, 2.24) is 4.90 Å². The zero-order chi connectivity index (χ0) is 11.1. The molecule has 0 spiro atoms. The van der Waals surface area contributed by atoms with E-state index in [2.05, 4.69) is 0 Å². The van der Waals surface area contributed by atoms with Crippen molar-refractivity contribution in [2.75, 3.05) is 0 Å². The maximum absolute atomic E-state index is 11.4. The summed E-state index contributed by atoms with van der Waals surface area (Å²) in [7, 11) is 0. The molecule has 1 aliphatic heterocycles. The molecule has 0 aromatic heterocycles. The fraction of sp³-hybridized carbons (Fsp3) is 0.800. The molecule has 0 aromatic carbocycles. The lowest BCUT2D eigenvalue weighted by Gasteiger charge is -2.30. The zero-order valence-electron chi connectivity index (χ0n) is 9.33. The van der Waals surface area contributed by atoms with E-state index in [1.165, 1.54) is 11.8 Å². The number of cyclic esters (lactones) is 1. The molecule has 1 rings (SSSR count). The van der Waals surface area contributed by atoms with E-state index >= 15 is 0 Å². The molecule has 1 aliphatic rings. The smallest absolute Gasteiger partial charge is 0.417 e. The van der Waals surface area contributed by atoms with Crippen LogP contribution in [0.5, 0.6) is 0 Å². The first-order valence-corrected chi connectivity index (χ1v) is 4.80. The number of imide groups is 1. The molecule has 0 radical (unpaired) electrons. The number of hydrogen-bond acceptors (Lipinski definition) is 3. The van der Waals surface area contributed by atoms with Gasteiger partial charge in [0.15, 0.2) is 0 Å². The molecule has 0 bridgehead atoms. The molecule has 1 atom stereocenters. The van der Waals surface area contributed by atoms with Crippen molar-refractivity contribution in [1.29, 1.82) is 0 Å². The fourth-order valence-corrected chi connectivity index (χ4v) is 2.18. The minimum Gasteiger partial charge on any atom is -0.441 e. The first kappa shape index (κ1) is 11.0. The second kappa shape index (κ2) is 3.26. The highest BCUT2D eigenvalue weighted by Crippen LogP contribution is 2.33. The van der Waals surface area contributed by atoms with Crippen LogP contribution in [0.4, 0.5) is 4.79 Å². The molecule has 0 aliphatic carbocycles. The van der Waals surface area contributed by atoms with Crippen LogP contribution in [0.1, 0.15) is 34.6 Å². The lowest BCUT2D eigenvalue weighted by Crippen LogP contribution is -2.47. The molecule has 80 valence electrons. The van der Waals surface area contributed by atoms with Crippen molar-refractivity contribution >= 4 is 12.0 Å². The highest BCUT2D eigenvalue weighted by atomic mass is 16.6. The summed E-state index contributed by atoms with van der Waals surface area (Å²) in [5.41, 5.74) is -0.586. The summed E-state index contributed by atoms with van der Waals surface area (Å²) in [6.07, 6.45) is -0.527. The van der Waals surface area contributed by atoms with Crippen LogP contribution >= 0.6 is 0 Å². The van der Waals surface area contributed by atoms with Crippen LogP contribution in [0, 0.1) is 5.92 Å². The van der Waals surface area contributed by atoms with Gasteiger partial charge in [0.25, 0.3) is 0 Å². The van der Waals surface area contributed by atoms with Crippen LogP contribution in [-0.4, -0.2) is 28.5 Å². The Morgan fingerprint density at radius 3 is 2.29 bits per heavy atom. The highest BCUT2D eigenvalue weighted by Gasteiger charge is 2.50. The number of nitrogens with zero attached hydrogens (tertiary/aromatic N) is 1. The third-order valence-corrected chi connectivity index (χ3v) is 2.51. The third-order valence-electron chi connectivity index (χ3n) is 2.51. The average Bonchev–Trinajstić information content (AvgIpc) is 2.19. The van der Waals surface area contributed by atoms with E-state index < -0.39 is 11.7 Å². The predicted octanol–water partition coefficient (Wildman–Crippen LogP) is 1.79. The summed E-state index contributed by atoms with van der Waals surface area (Å²) in [6.45, 7) is 9.00. The Labute approximate surface area is 84.2 Å². The highest BCUT2D eigenvalue weighted by molar-refractivity contribution is 5.92. The van der Waals surface area contributed by atoms with Crippen LogP contribution < -0.4 is 0 Å². The van der Waals surface area contributed by atoms with Crippen LogP contribution in [0.25, 0.3) is 0 Å². The maximum atomic E-state index is 11.4. The second-order valence-corrected chi connectivity index (χ2v) is 4.55. The van der Waals surface area contributed by atoms with Crippen LogP contribution in [-0.2, 0) is 9.53 Å². The number of ether oxygens (including phenoxy) is 1. The average molecular weight is 199 g/mol. The normalized spacial score (nSPS) is 25.4. The van der Waals surface area contributed by atoms with E-state index in [4.69, 9.17) is 4.74 Å². The van der Waals surface area contributed by atoms with Gasteiger partial charge in [0.1, 0.15) is 5.60 Å². The van der Waals surface area contributed by atoms with Gasteiger partial charge in [-0.15, -0.1) is 0 Å². The number of hydrogen-bond donors (Lipinski definition) is 0. The van der Waals surface area contributed by atoms with Gasteiger partial charge < -0.3 is 4.74 Å². The Bertz CT molecular complexity index is 271. The lowest BCUT2D eigenvalue weighted by molar-refractivity contribution is -0.128. The summed E-state index contributed by atoms with van der Waals surface area (Å²) in [5, 5.41) is 0. The van der Waals surface area contributed by atoms with Crippen molar-refractivity contribution in [3.63, 3.8) is 0 Å². The summed E-state index contributed by atoms with van der Waals surface area (Å²) >= 11 is 0. The van der Waals surface area contributed by atoms with Gasteiger partial charge in [0, 0.05) is 6.92 Å². The molecule has 0 aromatic rings. The quantitative estimate of drug-likeness (QED) is 0.646. The molecular formula is C10H17NO3. The molecule has 0 unspecified atom stereocenters. The Kier molecular flexibility index (Phi) is 2.56. The van der Waals surface area contributed by atoms with Crippen molar-refractivity contribution in [3.8, 4) is 0 Å². The SMILES string of the molecule is CC(=O)N1C(=O)OC(C)(C)[C@@H]1C(C)C. The lowest BCUT2D eigenvalue weighted by atomic mass is 9.89. The van der Waals surface area contributed by atoms with Gasteiger partial charge in [0.2, 0.25) is 5.91 Å². The van der Waals surface area contributed by atoms with Crippen LogP contribution in [0.3, 0.4) is 0 Å². The van der Waals surface area contributed by atoms with Crippen molar-refractivity contribution in [3.05, 3.63) is 0 Å². The van der Waals surface area contributed by atoms with Gasteiger partial charge in [-0.25, -0.2) is 9.69 Å². The molecular weight excluding hydrogens is 182 g/mol. The second-order valence-electron chi connectivity index (χ2n) is 4.55. The van der Waals surface area contributed by atoms with E-state index in [1.807, 2.05) is 27.7 Å².